The van der Waals surface area contributed by atoms with Crippen molar-refractivity contribution in [2.75, 3.05) is 0 Å². The molecule has 0 amide bonds. The quantitative estimate of drug-likeness (QED) is 0.795. The molecule has 78 valence electrons. The van der Waals surface area contributed by atoms with Crippen LogP contribution >= 0.6 is 0 Å². The Labute approximate surface area is 83.9 Å². The molecule has 1 fully saturated rings. The molecule has 1 heterocycles. The fourth-order valence-electron chi connectivity index (χ4n) is 1.68. The van der Waals surface area contributed by atoms with Crippen molar-refractivity contribution in [2.24, 2.45) is 5.73 Å². The molecule has 1 aliphatic rings. The van der Waals surface area contributed by atoms with E-state index >= 15 is 0 Å². The highest BCUT2D eigenvalue weighted by Gasteiger charge is 2.34. The van der Waals surface area contributed by atoms with Gasteiger partial charge in [-0.2, -0.15) is 4.98 Å². The van der Waals surface area contributed by atoms with Crippen molar-refractivity contribution in [2.45, 2.75) is 51.0 Å². The standard InChI is InChI=1S/C10H17N3O/c1-7(2)9-12-8(14-13-9)6-10(11)4-3-5-10/h7H,3-6,11H2,1-2H3. The van der Waals surface area contributed by atoms with E-state index in [0.29, 0.717) is 11.8 Å². The van der Waals surface area contributed by atoms with Gasteiger partial charge in [0.05, 0.1) is 0 Å². The van der Waals surface area contributed by atoms with Gasteiger partial charge in [0.15, 0.2) is 5.82 Å². The normalized spacial score (nSPS) is 19.7. The Hall–Kier alpha value is -0.900. The lowest BCUT2D eigenvalue weighted by Gasteiger charge is -2.36. The zero-order valence-electron chi connectivity index (χ0n) is 8.79. The van der Waals surface area contributed by atoms with Gasteiger partial charge in [0.2, 0.25) is 5.89 Å². The zero-order valence-corrected chi connectivity index (χ0v) is 8.79. The Kier molecular flexibility index (Phi) is 2.31. The number of nitrogens with zero attached hydrogens (tertiary/aromatic N) is 2. The average molecular weight is 195 g/mol. The van der Waals surface area contributed by atoms with Gasteiger partial charge in [0.25, 0.3) is 0 Å². The van der Waals surface area contributed by atoms with Crippen LogP contribution in [0.15, 0.2) is 4.52 Å². The SMILES string of the molecule is CC(C)c1noc(CC2(N)CCC2)n1. The van der Waals surface area contributed by atoms with Crippen LogP contribution in [0.4, 0.5) is 0 Å². The molecule has 0 unspecified atom stereocenters. The minimum absolute atomic E-state index is 0.0687. The van der Waals surface area contributed by atoms with E-state index in [1.165, 1.54) is 6.42 Å². The summed E-state index contributed by atoms with van der Waals surface area (Å²) in [5.41, 5.74) is 6.02. The molecule has 14 heavy (non-hydrogen) atoms. The lowest BCUT2D eigenvalue weighted by Crippen LogP contribution is -2.48. The van der Waals surface area contributed by atoms with E-state index in [-0.39, 0.29) is 5.54 Å². The molecule has 0 aliphatic heterocycles. The average Bonchev–Trinajstić information content (AvgIpc) is 2.50. The molecule has 0 aromatic carbocycles. The van der Waals surface area contributed by atoms with E-state index in [1.54, 1.807) is 0 Å². The van der Waals surface area contributed by atoms with Gasteiger partial charge in [-0.15, -0.1) is 0 Å². The summed E-state index contributed by atoms with van der Waals surface area (Å²) in [5, 5.41) is 3.92. The van der Waals surface area contributed by atoms with Crippen molar-refractivity contribution in [3.8, 4) is 0 Å². The van der Waals surface area contributed by atoms with E-state index < -0.39 is 0 Å². The van der Waals surface area contributed by atoms with Crippen LogP contribution in [0.25, 0.3) is 0 Å². The van der Waals surface area contributed by atoms with Gasteiger partial charge < -0.3 is 10.3 Å². The van der Waals surface area contributed by atoms with Crippen LogP contribution in [0.2, 0.25) is 0 Å². The molecule has 1 aliphatic carbocycles. The summed E-state index contributed by atoms with van der Waals surface area (Å²) in [6.45, 7) is 4.10. The first kappa shape index (κ1) is 9.65. The summed E-state index contributed by atoms with van der Waals surface area (Å²) in [7, 11) is 0. The van der Waals surface area contributed by atoms with Gasteiger partial charge in [-0.25, -0.2) is 0 Å². The van der Waals surface area contributed by atoms with E-state index in [4.69, 9.17) is 10.3 Å². The maximum absolute atomic E-state index is 6.09. The van der Waals surface area contributed by atoms with E-state index in [1.807, 2.05) is 0 Å². The molecule has 1 saturated carbocycles. The Morgan fingerprint density at radius 1 is 1.50 bits per heavy atom. The molecular formula is C10H17N3O. The summed E-state index contributed by atoms with van der Waals surface area (Å²) in [4.78, 5) is 4.32. The first-order valence-corrected chi connectivity index (χ1v) is 5.20. The maximum Gasteiger partial charge on any atom is 0.228 e. The molecule has 0 atom stereocenters. The largest absolute Gasteiger partial charge is 0.339 e. The molecule has 4 nitrogen and oxygen atoms in total. The Morgan fingerprint density at radius 2 is 2.21 bits per heavy atom. The first-order chi connectivity index (χ1) is 6.59. The molecule has 2 N–H and O–H groups in total. The highest BCUT2D eigenvalue weighted by Crippen LogP contribution is 2.32. The third-order valence-corrected chi connectivity index (χ3v) is 2.85. The van der Waals surface area contributed by atoms with Crippen LogP contribution in [-0.4, -0.2) is 15.7 Å². The number of nitrogens with two attached hydrogens (primary N) is 1. The number of rotatable bonds is 3. The zero-order chi connectivity index (χ0) is 10.2. The van der Waals surface area contributed by atoms with Gasteiger partial charge in [-0.1, -0.05) is 19.0 Å². The molecule has 1 aromatic rings. The van der Waals surface area contributed by atoms with E-state index in [9.17, 15) is 0 Å². The Morgan fingerprint density at radius 3 is 2.64 bits per heavy atom. The van der Waals surface area contributed by atoms with Crippen LogP contribution in [0.5, 0.6) is 0 Å². The summed E-state index contributed by atoms with van der Waals surface area (Å²) >= 11 is 0. The topological polar surface area (TPSA) is 64.9 Å². The molecular weight excluding hydrogens is 178 g/mol. The van der Waals surface area contributed by atoms with Crippen LogP contribution < -0.4 is 5.73 Å². The predicted octanol–water partition coefficient (Wildman–Crippen LogP) is 1.62. The Bertz CT molecular complexity index is 315. The summed E-state index contributed by atoms with van der Waals surface area (Å²) in [6.07, 6.45) is 4.10. The summed E-state index contributed by atoms with van der Waals surface area (Å²) in [5.74, 6) is 1.79. The second-order valence-corrected chi connectivity index (χ2v) is 4.59. The molecule has 0 spiro atoms. The smallest absolute Gasteiger partial charge is 0.228 e. The van der Waals surface area contributed by atoms with Gasteiger partial charge in [-0.05, 0) is 19.3 Å². The second-order valence-electron chi connectivity index (χ2n) is 4.59. The number of aromatic nitrogens is 2. The minimum Gasteiger partial charge on any atom is -0.339 e. The Balaban J connectivity index is 2.02. The minimum atomic E-state index is -0.0687. The lowest BCUT2D eigenvalue weighted by atomic mass is 9.75. The van der Waals surface area contributed by atoms with Crippen LogP contribution in [0.3, 0.4) is 0 Å². The monoisotopic (exact) mass is 195 g/mol. The van der Waals surface area contributed by atoms with Crippen LogP contribution in [0, 0.1) is 0 Å². The maximum atomic E-state index is 6.09. The van der Waals surface area contributed by atoms with Crippen molar-refractivity contribution in [1.29, 1.82) is 0 Å². The highest BCUT2D eigenvalue weighted by atomic mass is 16.5. The third kappa shape index (κ3) is 1.80. The van der Waals surface area contributed by atoms with Gasteiger partial charge in [0.1, 0.15) is 0 Å². The predicted molar refractivity (Wildman–Crippen MR) is 52.9 cm³/mol. The van der Waals surface area contributed by atoms with E-state index in [2.05, 4.69) is 24.0 Å². The van der Waals surface area contributed by atoms with Crippen molar-refractivity contribution < 1.29 is 4.52 Å². The van der Waals surface area contributed by atoms with Crippen molar-refractivity contribution in [1.82, 2.24) is 10.1 Å². The summed E-state index contributed by atoms with van der Waals surface area (Å²) in [6, 6.07) is 0. The molecule has 0 saturated heterocycles. The highest BCUT2D eigenvalue weighted by molar-refractivity contribution is 5.01. The number of hydrogen-bond acceptors (Lipinski definition) is 4. The second kappa shape index (κ2) is 3.35. The van der Waals surface area contributed by atoms with Crippen LogP contribution in [0.1, 0.15) is 50.7 Å². The fraction of sp³-hybridized carbons (Fsp3) is 0.800. The van der Waals surface area contributed by atoms with Crippen molar-refractivity contribution in [3.05, 3.63) is 11.7 Å². The van der Waals surface area contributed by atoms with E-state index in [0.717, 1.165) is 25.1 Å². The molecule has 0 radical (unpaired) electrons. The molecule has 2 rings (SSSR count). The van der Waals surface area contributed by atoms with Gasteiger partial charge in [-0.3, -0.25) is 0 Å². The third-order valence-electron chi connectivity index (χ3n) is 2.85. The fourth-order valence-corrected chi connectivity index (χ4v) is 1.68. The van der Waals surface area contributed by atoms with Gasteiger partial charge >= 0.3 is 0 Å². The molecule has 0 bridgehead atoms. The first-order valence-electron chi connectivity index (χ1n) is 5.20. The van der Waals surface area contributed by atoms with Crippen molar-refractivity contribution >= 4 is 0 Å². The molecule has 1 aromatic heterocycles. The summed E-state index contributed by atoms with van der Waals surface area (Å²) < 4.78 is 5.16. The lowest BCUT2D eigenvalue weighted by molar-refractivity contribution is 0.221. The molecule has 4 heteroatoms. The number of hydrogen-bond donors (Lipinski definition) is 1. The van der Waals surface area contributed by atoms with Crippen molar-refractivity contribution in [3.63, 3.8) is 0 Å². The van der Waals surface area contributed by atoms with Crippen LogP contribution in [-0.2, 0) is 6.42 Å². The van der Waals surface area contributed by atoms with Gasteiger partial charge in [0, 0.05) is 17.9 Å².